The molecule has 0 atom stereocenters. The van der Waals surface area contributed by atoms with Gasteiger partial charge in [0.15, 0.2) is 0 Å². The van der Waals surface area contributed by atoms with Crippen LogP contribution in [0.15, 0.2) is 24.4 Å². The van der Waals surface area contributed by atoms with E-state index in [0.717, 1.165) is 0 Å². The van der Waals surface area contributed by atoms with E-state index in [1.54, 1.807) is 0 Å². The lowest BCUT2D eigenvalue weighted by Crippen LogP contribution is -2.11. The average Bonchev–Trinajstić information content (AvgIpc) is 2.25. The molecule has 0 radical (unpaired) electrons. The summed E-state index contributed by atoms with van der Waals surface area (Å²) in [6.45, 7) is 0. The van der Waals surface area contributed by atoms with Crippen LogP contribution in [0.5, 0.6) is 0 Å². The molecule has 0 aliphatic carbocycles. The van der Waals surface area contributed by atoms with E-state index in [9.17, 15) is 36.5 Å². The Hall–Kier alpha value is -1.33. The first-order chi connectivity index (χ1) is 8.91. The lowest BCUT2D eigenvalue weighted by Gasteiger charge is -2.13. The SMILES string of the molecule is O=[N+]([O-])/C=C(\I)c1cc(C(F)(F)F)cc(C(F)(F)F)c1. The molecular weight excluding hydrogens is 407 g/mol. The summed E-state index contributed by atoms with van der Waals surface area (Å²) in [6, 6.07) is 0.813. The van der Waals surface area contributed by atoms with Crippen molar-refractivity contribution in [2.45, 2.75) is 12.4 Å². The molecule has 0 fully saturated rings. The van der Waals surface area contributed by atoms with Crippen molar-refractivity contribution < 1.29 is 31.3 Å². The number of nitro groups is 1. The van der Waals surface area contributed by atoms with E-state index in [1.807, 2.05) is 0 Å². The smallest absolute Gasteiger partial charge is 0.259 e. The topological polar surface area (TPSA) is 43.1 Å². The first-order valence-corrected chi connectivity index (χ1v) is 5.80. The molecule has 3 nitrogen and oxygen atoms in total. The Balaban J connectivity index is 3.50. The summed E-state index contributed by atoms with van der Waals surface area (Å²) in [6.07, 6.45) is -9.64. The van der Waals surface area contributed by atoms with Gasteiger partial charge in [-0.05, 0) is 46.4 Å². The molecular formula is C10H4F6INO2. The van der Waals surface area contributed by atoms with Crippen LogP contribution in [0.4, 0.5) is 26.3 Å². The van der Waals surface area contributed by atoms with Gasteiger partial charge in [-0.1, -0.05) is 0 Å². The van der Waals surface area contributed by atoms with Crippen molar-refractivity contribution in [1.29, 1.82) is 0 Å². The Morgan fingerprint density at radius 3 is 1.75 bits per heavy atom. The number of nitrogens with zero attached hydrogens (tertiary/aromatic N) is 1. The molecule has 1 aromatic carbocycles. The van der Waals surface area contributed by atoms with Gasteiger partial charge >= 0.3 is 12.4 Å². The Morgan fingerprint density at radius 2 is 1.45 bits per heavy atom. The van der Waals surface area contributed by atoms with Crippen LogP contribution >= 0.6 is 22.6 Å². The van der Waals surface area contributed by atoms with Gasteiger partial charge in [-0.15, -0.1) is 0 Å². The molecule has 0 heterocycles. The molecule has 0 amide bonds. The summed E-state index contributed by atoms with van der Waals surface area (Å²) in [4.78, 5) is 9.26. The fourth-order valence-electron chi connectivity index (χ4n) is 1.26. The quantitative estimate of drug-likeness (QED) is 0.306. The minimum atomic E-state index is -4.98. The first kappa shape index (κ1) is 16.7. The van der Waals surface area contributed by atoms with Gasteiger partial charge < -0.3 is 0 Å². The molecule has 1 rings (SSSR count). The summed E-state index contributed by atoms with van der Waals surface area (Å²) in [7, 11) is 0. The van der Waals surface area contributed by atoms with Crippen molar-refractivity contribution in [3.8, 4) is 0 Å². The lowest BCUT2D eigenvalue weighted by atomic mass is 10.0. The van der Waals surface area contributed by atoms with Crippen molar-refractivity contribution in [1.82, 2.24) is 0 Å². The number of alkyl halides is 6. The number of halogens is 7. The first-order valence-electron chi connectivity index (χ1n) is 4.72. The Labute approximate surface area is 121 Å². The van der Waals surface area contributed by atoms with Crippen LogP contribution in [0, 0.1) is 10.1 Å². The van der Waals surface area contributed by atoms with E-state index in [1.165, 1.54) is 22.6 Å². The highest BCUT2D eigenvalue weighted by molar-refractivity contribution is 14.1. The Bertz CT molecular complexity index is 532. The van der Waals surface area contributed by atoms with Gasteiger partial charge in [0.2, 0.25) is 6.20 Å². The summed E-state index contributed by atoms with van der Waals surface area (Å²) in [5.74, 6) is 0. The maximum atomic E-state index is 12.5. The van der Waals surface area contributed by atoms with Crippen LogP contribution in [-0.4, -0.2) is 4.92 Å². The molecule has 0 spiro atoms. The minimum Gasteiger partial charge on any atom is -0.259 e. The molecule has 0 saturated heterocycles. The molecule has 20 heavy (non-hydrogen) atoms. The normalized spacial score (nSPS) is 13.4. The summed E-state index contributed by atoms with van der Waals surface area (Å²) in [5, 5.41) is 10.2. The predicted molar refractivity (Wildman–Crippen MR) is 65.4 cm³/mol. The summed E-state index contributed by atoms with van der Waals surface area (Å²) in [5.41, 5.74) is -3.56. The molecule has 0 unspecified atom stereocenters. The molecule has 0 bridgehead atoms. The molecule has 1 aromatic rings. The molecule has 0 aliphatic rings. The molecule has 10 heteroatoms. The number of rotatable bonds is 2. The van der Waals surface area contributed by atoms with Gasteiger partial charge in [-0.25, -0.2) is 0 Å². The van der Waals surface area contributed by atoms with Gasteiger partial charge in [0, 0.05) is 0 Å². The van der Waals surface area contributed by atoms with Crippen molar-refractivity contribution >= 4 is 26.2 Å². The number of hydrogen-bond acceptors (Lipinski definition) is 2. The zero-order valence-electron chi connectivity index (χ0n) is 9.22. The standard InChI is InChI=1S/C10H4F6INO2/c11-9(12,13)6-1-5(8(17)4-18(19)20)2-7(3-6)10(14,15)16/h1-4H/b8-4-. The zero-order valence-corrected chi connectivity index (χ0v) is 11.4. The van der Waals surface area contributed by atoms with Crippen LogP contribution in [0.3, 0.4) is 0 Å². The highest BCUT2D eigenvalue weighted by Crippen LogP contribution is 2.38. The van der Waals surface area contributed by atoms with E-state index in [4.69, 9.17) is 0 Å². The Morgan fingerprint density at radius 1 is 1.05 bits per heavy atom. The van der Waals surface area contributed by atoms with Crippen molar-refractivity contribution in [2.75, 3.05) is 0 Å². The maximum absolute atomic E-state index is 12.5. The maximum Gasteiger partial charge on any atom is 0.416 e. The lowest BCUT2D eigenvalue weighted by molar-refractivity contribution is -0.401. The van der Waals surface area contributed by atoms with Crippen molar-refractivity contribution in [3.63, 3.8) is 0 Å². The fraction of sp³-hybridized carbons (Fsp3) is 0.200. The third kappa shape index (κ3) is 4.35. The highest BCUT2D eigenvalue weighted by atomic mass is 127. The van der Waals surface area contributed by atoms with Crippen LogP contribution in [0.1, 0.15) is 16.7 Å². The molecule has 0 aliphatic heterocycles. The van der Waals surface area contributed by atoms with Crippen LogP contribution in [0.25, 0.3) is 3.58 Å². The third-order valence-corrected chi connectivity index (χ3v) is 2.98. The Kier molecular flexibility index (Phi) is 4.66. The number of benzene rings is 1. The van der Waals surface area contributed by atoms with Gasteiger partial charge in [-0.3, -0.25) is 10.1 Å². The van der Waals surface area contributed by atoms with Crippen LogP contribution < -0.4 is 0 Å². The largest absolute Gasteiger partial charge is 0.416 e. The second-order valence-electron chi connectivity index (χ2n) is 3.56. The van der Waals surface area contributed by atoms with Gasteiger partial charge in [0.25, 0.3) is 0 Å². The predicted octanol–water partition coefficient (Wildman–Crippen LogP) is 4.73. The average molecular weight is 411 g/mol. The van der Waals surface area contributed by atoms with E-state index in [0.29, 0.717) is 18.3 Å². The second kappa shape index (κ2) is 5.58. The second-order valence-corrected chi connectivity index (χ2v) is 4.72. The van der Waals surface area contributed by atoms with Crippen LogP contribution in [-0.2, 0) is 12.4 Å². The summed E-state index contributed by atoms with van der Waals surface area (Å²) >= 11 is 1.30. The number of hydrogen-bond donors (Lipinski definition) is 0. The fourth-order valence-corrected chi connectivity index (χ4v) is 1.80. The van der Waals surface area contributed by atoms with E-state index in [2.05, 4.69) is 0 Å². The minimum absolute atomic E-state index is 0.0421. The summed E-state index contributed by atoms with van der Waals surface area (Å²) < 4.78 is 74.9. The van der Waals surface area contributed by atoms with Crippen molar-refractivity contribution in [2.24, 2.45) is 0 Å². The van der Waals surface area contributed by atoms with Crippen molar-refractivity contribution in [3.05, 3.63) is 51.2 Å². The van der Waals surface area contributed by atoms with Gasteiger partial charge in [0.1, 0.15) is 0 Å². The van der Waals surface area contributed by atoms with Crippen LogP contribution in [0.2, 0.25) is 0 Å². The van der Waals surface area contributed by atoms with E-state index >= 15 is 0 Å². The van der Waals surface area contributed by atoms with Gasteiger partial charge in [0.05, 0.1) is 19.6 Å². The molecule has 0 saturated carbocycles. The molecule has 0 aromatic heterocycles. The highest BCUT2D eigenvalue weighted by Gasteiger charge is 2.37. The monoisotopic (exact) mass is 411 g/mol. The van der Waals surface area contributed by atoms with E-state index < -0.39 is 34.0 Å². The molecule has 110 valence electrons. The molecule has 0 N–H and O–H groups in total. The van der Waals surface area contributed by atoms with Gasteiger partial charge in [-0.2, -0.15) is 26.3 Å². The third-order valence-electron chi connectivity index (χ3n) is 2.08. The zero-order chi connectivity index (χ0) is 15.7. The van der Waals surface area contributed by atoms with E-state index in [-0.39, 0.29) is 9.65 Å².